The molecule has 1 atom stereocenters. The average Bonchev–Trinajstić information content (AvgIpc) is 2.21. The molecule has 14 heavy (non-hydrogen) atoms. The highest BCUT2D eigenvalue weighted by molar-refractivity contribution is 5.66. The van der Waals surface area contributed by atoms with Crippen LogP contribution in [0.2, 0.25) is 0 Å². The Kier molecular flexibility index (Phi) is 8.39. The average molecular weight is 201 g/mol. The van der Waals surface area contributed by atoms with Gasteiger partial charge in [-0.05, 0) is 18.8 Å². The van der Waals surface area contributed by atoms with Crippen molar-refractivity contribution in [1.82, 2.24) is 5.32 Å². The number of unbranched alkanes of at least 4 members (excludes halogenated alkanes) is 1. The van der Waals surface area contributed by atoms with E-state index < -0.39 is 0 Å². The number of hydrogen-bond donors (Lipinski definition) is 1. The molecule has 3 heteroatoms. The smallest absolute Gasteiger partial charge is 0.406 e. The van der Waals surface area contributed by atoms with Crippen LogP contribution < -0.4 is 5.32 Å². The van der Waals surface area contributed by atoms with E-state index >= 15 is 0 Å². The zero-order chi connectivity index (χ0) is 10.8. The maximum Gasteiger partial charge on any atom is 0.406 e. The van der Waals surface area contributed by atoms with Crippen LogP contribution in [0.15, 0.2) is 0 Å². The number of carbonyl (C=O) groups is 1. The Labute approximate surface area is 87.2 Å². The van der Waals surface area contributed by atoms with Crippen LogP contribution in [0.1, 0.15) is 46.0 Å². The van der Waals surface area contributed by atoms with Gasteiger partial charge < -0.3 is 10.1 Å². The minimum Gasteiger partial charge on any atom is -0.453 e. The molecule has 0 heterocycles. The zero-order valence-electron chi connectivity index (χ0n) is 9.64. The third-order valence-electron chi connectivity index (χ3n) is 2.38. The molecule has 0 aliphatic rings. The van der Waals surface area contributed by atoms with Crippen molar-refractivity contribution in [2.24, 2.45) is 5.92 Å². The number of alkyl carbamates (subject to hydrolysis) is 1. The molecule has 0 aromatic rings. The van der Waals surface area contributed by atoms with E-state index in [9.17, 15) is 4.79 Å². The summed E-state index contributed by atoms with van der Waals surface area (Å²) in [4.78, 5) is 10.7. The summed E-state index contributed by atoms with van der Waals surface area (Å²) in [6.45, 7) is 5.21. The summed E-state index contributed by atoms with van der Waals surface area (Å²) in [5.41, 5.74) is 0. The first-order chi connectivity index (χ1) is 6.70. The quantitative estimate of drug-likeness (QED) is 0.643. The number of ether oxygens (including phenoxy) is 1. The van der Waals surface area contributed by atoms with Gasteiger partial charge >= 0.3 is 6.09 Å². The molecule has 0 radical (unpaired) electrons. The van der Waals surface area contributed by atoms with Crippen LogP contribution in [-0.2, 0) is 4.74 Å². The van der Waals surface area contributed by atoms with Gasteiger partial charge in [-0.1, -0.05) is 33.1 Å². The highest BCUT2D eigenvalue weighted by Gasteiger charge is 2.02. The van der Waals surface area contributed by atoms with E-state index in [1.165, 1.54) is 32.8 Å². The fraction of sp³-hybridized carbons (Fsp3) is 0.909. The van der Waals surface area contributed by atoms with Gasteiger partial charge in [0.1, 0.15) is 0 Å². The molecule has 1 amide bonds. The number of methoxy groups -OCH3 is 1. The number of rotatable bonds is 7. The van der Waals surface area contributed by atoms with Gasteiger partial charge in [-0.15, -0.1) is 0 Å². The lowest BCUT2D eigenvalue weighted by molar-refractivity contribution is 0.170. The lowest BCUT2D eigenvalue weighted by Crippen LogP contribution is -2.24. The van der Waals surface area contributed by atoms with Gasteiger partial charge in [0, 0.05) is 6.54 Å². The van der Waals surface area contributed by atoms with Crippen molar-refractivity contribution in [2.75, 3.05) is 13.7 Å². The molecular formula is C11H23NO2. The van der Waals surface area contributed by atoms with E-state index in [1.807, 2.05) is 0 Å². The Morgan fingerprint density at radius 2 is 2.00 bits per heavy atom. The summed E-state index contributed by atoms with van der Waals surface area (Å²) in [6, 6.07) is 0. The number of carbonyl (C=O) groups excluding carboxylic acids is 1. The van der Waals surface area contributed by atoms with Crippen molar-refractivity contribution in [3.63, 3.8) is 0 Å². The van der Waals surface area contributed by atoms with Gasteiger partial charge in [0.2, 0.25) is 0 Å². The standard InChI is InChI=1S/C11H23NO2/c1-4-5-7-10(2)8-6-9-12-11(13)14-3/h10H,4-9H2,1-3H3,(H,12,13). The van der Waals surface area contributed by atoms with Crippen molar-refractivity contribution in [2.45, 2.75) is 46.0 Å². The third-order valence-corrected chi connectivity index (χ3v) is 2.38. The summed E-state index contributed by atoms with van der Waals surface area (Å²) in [5, 5.41) is 2.68. The Morgan fingerprint density at radius 3 is 2.57 bits per heavy atom. The second-order valence-electron chi connectivity index (χ2n) is 3.81. The molecule has 3 nitrogen and oxygen atoms in total. The first-order valence-corrected chi connectivity index (χ1v) is 5.52. The lowest BCUT2D eigenvalue weighted by atomic mass is 9.99. The largest absolute Gasteiger partial charge is 0.453 e. The molecule has 0 aliphatic heterocycles. The van der Waals surface area contributed by atoms with Crippen LogP contribution in [0.25, 0.3) is 0 Å². The van der Waals surface area contributed by atoms with E-state index in [-0.39, 0.29) is 6.09 Å². The van der Waals surface area contributed by atoms with Crippen molar-refractivity contribution in [1.29, 1.82) is 0 Å². The highest BCUT2D eigenvalue weighted by Crippen LogP contribution is 2.12. The molecule has 0 fully saturated rings. The summed E-state index contributed by atoms with van der Waals surface area (Å²) in [6.07, 6.45) is 5.78. The summed E-state index contributed by atoms with van der Waals surface area (Å²) >= 11 is 0. The number of nitrogens with one attached hydrogen (secondary N) is 1. The Hall–Kier alpha value is -0.730. The topological polar surface area (TPSA) is 38.3 Å². The van der Waals surface area contributed by atoms with Crippen LogP contribution in [0.4, 0.5) is 4.79 Å². The van der Waals surface area contributed by atoms with E-state index in [1.54, 1.807) is 0 Å². The number of amides is 1. The van der Waals surface area contributed by atoms with Gasteiger partial charge in [-0.3, -0.25) is 0 Å². The van der Waals surface area contributed by atoms with E-state index in [4.69, 9.17) is 0 Å². The van der Waals surface area contributed by atoms with Gasteiger partial charge in [-0.25, -0.2) is 4.79 Å². The van der Waals surface area contributed by atoms with E-state index in [0.29, 0.717) is 0 Å². The van der Waals surface area contributed by atoms with Crippen LogP contribution >= 0.6 is 0 Å². The SMILES string of the molecule is CCCCC(C)CCCNC(=O)OC. The van der Waals surface area contributed by atoms with E-state index in [2.05, 4.69) is 23.9 Å². The highest BCUT2D eigenvalue weighted by atomic mass is 16.5. The first-order valence-electron chi connectivity index (χ1n) is 5.52. The molecule has 0 aromatic carbocycles. The molecule has 0 saturated heterocycles. The molecule has 1 unspecified atom stereocenters. The van der Waals surface area contributed by atoms with Gasteiger partial charge in [0.05, 0.1) is 7.11 Å². The van der Waals surface area contributed by atoms with Crippen LogP contribution in [0.5, 0.6) is 0 Å². The Balaban J connectivity index is 3.22. The van der Waals surface area contributed by atoms with Crippen LogP contribution in [0.3, 0.4) is 0 Å². The fourth-order valence-corrected chi connectivity index (χ4v) is 1.41. The monoisotopic (exact) mass is 201 g/mol. The molecule has 0 aliphatic carbocycles. The molecule has 0 bridgehead atoms. The Morgan fingerprint density at radius 1 is 1.36 bits per heavy atom. The summed E-state index contributed by atoms with van der Waals surface area (Å²) < 4.78 is 4.47. The molecular weight excluding hydrogens is 178 g/mol. The minimum atomic E-state index is -0.328. The van der Waals surface area contributed by atoms with Gasteiger partial charge in [0.25, 0.3) is 0 Å². The summed E-state index contributed by atoms with van der Waals surface area (Å²) in [5.74, 6) is 0.773. The molecule has 84 valence electrons. The second kappa shape index (κ2) is 8.85. The predicted molar refractivity (Wildman–Crippen MR) is 58.3 cm³/mol. The summed E-state index contributed by atoms with van der Waals surface area (Å²) in [7, 11) is 1.39. The maximum atomic E-state index is 10.7. The fourth-order valence-electron chi connectivity index (χ4n) is 1.41. The van der Waals surface area contributed by atoms with Crippen molar-refractivity contribution in [3.8, 4) is 0 Å². The minimum absolute atomic E-state index is 0.328. The molecule has 0 spiro atoms. The second-order valence-corrected chi connectivity index (χ2v) is 3.81. The van der Waals surface area contributed by atoms with Crippen molar-refractivity contribution < 1.29 is 9.53 Å². The van der Waals surface area contributed by atoms with Crippen molar-refractivity contribution >= 4 is 6.09 Å². The molecule has 0 aromatic heterocycles. The third kappa shape index (κ3) is 7.90. The molecule has 1 N–H and O–H groups in total. The molecule has 0 saturated carbocycles. The maximum absolute atomic E-state index is 10.7. The van der Waals surface area contributed by atoms with Crippen molar-refractivity contribution in [3.05, 3.63) is 0 Å². The van der Waals surface area contributed by atoms with Crippen LogP contribution in [0, 0.1) is 5.92 Å². The lowest BCUT2D eigenvalue weighted by Gasteiger charge is -2.10. The van der Waals surface area contributed by atoms with Crippen LogP contribution in [-0.4, -0.2) is 19.7 Å². The normalized spacial score (nSPS) is 12.2. The first kappa shape index (κ1) is 13.3. The van der Waals surface area contributed by atoms with Gasteiger partial charge in [0.15, 0.2) is 0 Å². The zero-order valence-corrected chi connectivity index (χ0v) is 9.64. The van der Waals surface area contributed by atoms with Gasteiger partial charge in [-0.2, -0.15) is 0 Å². The molecule has 0 rings (SSSR count). The van der Waals surface area contributed by atoms with E-state index in [0.717, 1.165) is 18.9 Å². The number of hydrogen-bond acceptors (Lipinski definition) is 2. The Bertz CT molecular complexity index is 148. The predicted octanol–water partition coefficient (Wildman–Crippen LogP) is 2.95.